The Labute approximate surface area is 147 Å². The first-order chi connectivity index (χ1) is 12.2. The molecule has 6 heteroatoms. The fourth-order valence-corrected chi connectivity index (χ4v) is 3.75. The van der Waals surface area contributed by atoms with E-state index in [2.05, 4.69) is 25.8 Å². The zero-order valence-corrected chi connectivity index (χ0v) is 14.1. The van der Waals surface area contributed by atoms with Gasteiger partial charge in [-0.1, -0.05) is 0 Å². The number of rotatable bonds is 3. The summed E-state index contributed by atoms with van der Waals surface area (Å²) in [5.41, 5.74) is 2.07. The number of fused-ring (bicyclic) bond motifs is 1. The number of hydrogen-bond acceptors (Lipinski definition) is 4. The third-order valence-electron chi connectivity index (χ3n) is 5.10. The monoisotopic (exact) mass is 335 g/mol. The molecule has 2 aliphatic heterocycles. The minimum atomic E-state index is -0.113. The zero-order valence-electron chi connectivity index (χ0n) is 14.1. The molecule has 1 amide bonds. The van der Waals surface area contributed by atoms with E-state index in [9.17, 15) is 10.1 Å². The highest BCUT2D eigenvalue weighted by molar-refractivity contribution is 5.95. The van der Waals surface area contributed by atoms with Crippen LogP contribution in [0.2, 0.25) is 0 Å². The van der Waals surface area contributed by atoms with Gasteiger partial charge in [0.15, 0.2) is 0 Å². The van der Waals surface area contributed by atoms with Crippen LogP contribution in [0.25, 0.3) is 0 Å². The van der Waals surface area contributed by atoms with E-state index < -0.39 is 0 Å². The highest BCUT2D eigenvalue weighted by Crippen LogP contribution is 2.25. The Hall–Kier alpha value is -2.81. The van der Waals surface area contributed by atoms with Gasteiger partial charge < -0.3 is 14.8 Å². The molecule has 0 spiro atoms. The summed E-state index contributed by atoms with van der Waals surface area (Å²) in [7, 11) is 0. The van der Waals surface area contributed by atoms with E-state index >= 15 is 0 Å². The molecule has 0 bridgehead atoms. The summed E-state index contributed by atoms with van der Waals surface area (Å²) in [4.78, 5) is 19.1. The maximum absolute atomic E-state index is 12.6. The van der Waals surface area contributed by atoms with Gasteiger partial charge in [0, 0.05) is 50.1 Å². The Morgan fingerprint density at radius 2 is 2.16 bits per heavy atom. The van der Waals surface area contributed by atoms with Crippen molar-refractivity contribution in [3.05, 3.63) is 47.5 Å². The number of aryl methyl sites for hydroxylation is 1. The number of amides is 1. The highest BCUT2D eigenvalue weighted by Gasteiger charge is 2.22. The number of anilines is 1. The summed E-state index contributed by atoms with van der Waals surface area (Å²) in [5.74, 6) is 0.963. The molecule has 0 saturated carbocycles. The van der Waals surface area contributed by atoms with Crippen LogP contribution >= 0.6 is 0 Å². The molecule has 1 fully saturated rings. The van der Waals surface area contributed by atoms with Crippen LogP contribution in [0.5, 0.6) is 0 Å². The van der Waals surface area contributed by atoms with Crippen molar-refractivity contribution >= 4 is 11.6 Å². The molecule has 0 aliphatic carbocycles. The van der Waals surface area contributed by atoms with Crippen LogP contribution in [0.4, 0.5) is 5.69 Å². The van der Waals surface area contributed by atoms with Crippen molar-refractivity contribution < 1.29 is 4.79 Å². The van der Waals surface area contributed by atoms with Crippen molar-refractivity contribution in [1.29, 1.82) is 5.26 Å². The molecule has 128 valence electrons. The number of aromatic nitrogens is 2. The summed E-state index contributed by atoms with van der Waals surface area (Å²) < 4.78 is 2.09. The van der Waals surface area contributed by atoms with Crippen molar-refractivity contribution in [3.63, 3.8) is 0 Å². The van der Waals surface area contributed by atoms with Crippen LogP contribution in [0, 0.1) is 11.3 Å². The lowest BCUT2D eigenvalue weighted by Gasteiger charge is -2.25. The number of nitrogens with one attached hydrogen (secondary N) is 1. The predicted molar refractivity (Wildman–Crippen MR) is 94.4 cm³/mol. The van der Waals surface area contributed by atoms with Crippen molar-refractivity contribution in [3.8, 4) is 6.07 Å². The summed E-state index contributed by atoms with van der Waals surface area (Å²) in [6.07, 6.45) is 7.83. The molecule has 1 N–H and O–H groups in total. The molecule has 2 aliphatic rings. The second kappa shape index (κ2) is 6.60. The van der Waals surface area contributed by atoms with E-state index in [1.54, 1.807) is 12.3 Å². The first kappa shape index (κ1) is 15.7. The molecule has 6 nitrogen and oxygen atoms in total. The van der Waals surface area contributed by atoms with Crippen molar-refractivity contribution in [1.82, 2.24) is 14.9 Å². The normalized spacial score (nSPS) is 19.3. The standard InChI is InChI=1S/C19H21N5O/c20-12-15-11-14(3-5-17(15)23-8-1-2-9-23)19(25)22-16-4-6-18-21-7-10-24(18)13-16/h3,5,7,10-11,16H,1-2,4,6,8-9,13H2,(H,22,25)/t16-/m1/s1. The van der Waals surface area contributed by atoms with Gasteiger partial charge in [0.2, 0.25) is 0 Å². The number of carbonyl (C=O) groups is 1. The Kier molecular flexibility index (Phi) is 4.14. The van der Waals surface area contributed by atoms with Crippen LogP contribution in [0.15, 0.2) is 30.6 Å². The molecule has 1 saturated heterocycles. The molecule has 0 radical (unpaired) electrons. The van der Waals surface area contributed by atoms with Crippen molar-refractivity contribution in [2.45, 2.75) is 38.3 Å². The molecular formula is C19H21N5O. The molecular weight excluding hydrogens is 314 g/mol. The van der Waals surface area contributed by atoms with Crippen LogP contribution in [0.1, 0.15) is 41.0 Å². The summed E-state index contributed by atoms with van der Waals surface area (Å²) in [5, 5.41) is 12.6. The average molecular weight is 335 g/mol. The smallest absolute Gasteiger partial charge is 0.251 e. The quantitative estimate of drug-likeness (QED) is 0.932. The maximum atomic E-state index is 12.6. The topological polar surface area (TPSA) is 74.0 Å². The highest BCUT2D eigenvalue weighted by atomic mass is 16.1. The van der Waals surface area contributed by atoms with Gasteiger partial charge in [-0.05, 0) is 37.5 Å². The minimum absolute atomic E-state index is 0.0954. The second-order valence-electron chi connectivity index (χ2n) is 6.74. The summed E-state index contributed by atoms with van der Waals surface area (Å²) in [6, 6.07) is 7.80. The molecule has 1 aromatic carbocycles. The number of hydrogen-bond donors (Lipinski definition) is 1. The van der Waals surface area contributed by atoms with Gasteiger partial charge in [0.25, 0.3) is 5.91 Å². The van der Waals surface area contributed by atoms with Gasteiger partial charge in [0.05, 0.1) is 11.3 Å². The fourth-order valence-electron chi connectivity index (χ4n) is 3.75. The minimum Gasteiger partial charge on any atom is -0.370 e. The SMILES string of the molecule is N#Cc1cc(C(=O)N[C@@H]2CCc3nccn3C2)ccc1N1CCCC1. The van der Waals surface area contributed by atoms with Crippen LogP contribution in [-0.4, -0.2) is 34.6 Å². The second-order valence-corrected chi connectivity index (χ2v) is 6.74. The molecule has 3 heterocycles. The van der Waals surface area contributed by atoms with E-state index in [0.29, 0.717) is 11.1 Å². The number of nitriles is 1. The Bertz CT molecular complexity index is 829. The molecule has 1 atom stereocenters. The van der Waals surface area contributed by atoms with Gasteiger partial charge in [-0.15, -0.1) is 0 Å². The summed E-state index contributed by atoms with van der Waals surface area (Å²) >= 11 is 0. The van der Waals surface area contributed by atoms with E-state index in [1.165, 1.54) is 0 Å². The lowest BCUT2D eigenvalue weighted by molar-refractivity contribution is 0.0927. The molecule has 4 rings (SSSR count). The first-order valence-corrected chi connectivity index (χ1v) is 8.84. The molecule has 1 aromatic heterocycles. The zero-order chi connectivity index (χ0) is 17.2. The Morgan fingerprint density at radius 3 is 2.96 bits per heavy atom. The third kappa shape index (κ3) is 3.10. The van der Waals surface area contributed by atoms with Crippen molar-refractivity contribution in [2.24, 2.45) is 0 Å². The third-order valence-corrected chi connectivity index (χ3v) is 5.10. The average Bonchev–Trinajstić information content (AvgIpc) is 3.32. The Morgan fingerprint density at radius 1 is 1.32 bits per heavy atom. The lowest BCUT2D eigenvalue weighted by atomic mass is 10.0. The fraction of sp³-hybridized carbons (Fsp3) is 0.421. The molecule has 2 aromatic rings. The van der Waals surface area contributed by atoms with E-state index in [0.717, 1.165) is 56.8 Å². The van der Waals surface area contributed by atoms with Gasteiger partial charge in [0.1, 0.15) is 11.9 Å². The van der Waals surface area contributed by atoms with Gasteiger partial charge >= 0.3 is 0 Å². The molecule has 25 heavy (non-hydrogen) atoms. The predicted octanol–water partition coefficient (Wildman–Crippen LogP) is 2.10. The number of imidazole rings is 1. The van der Waals surface area contributed by atoms with E-state index in [-0.39, 0.29) is 11.9 Å². The van der Waals surface area contributed by atoms with E-state index in [1.807, 2.05) is 18.3 Å². The number of nitrogens with zero attached hydrogens (tertiary/aromatic N) is 4. The van der Waals surface area contributed by atoms with Crippen molar-refractivity contribution in [2.75, 3.05) is 18.0 Å². The molecule has 0 unspecified atom stereocenters. The van der Waals surface area contributed by atoms with Gasteiger partial charge in [-0.3, -0.25) is 4.79 Å². The van der Waals surface area contributed by atoms with E-state index in [4.69, 9.17) is 0 Å². The number of benzene rings is 1. The lowest BCUT2D eigenvalue weighted by Crippen LogP contribution is -2.40. The summed E-state index contributed by atoms with van der Waals surface area (Å²) in [6.45, 7) is 2.71. The Balaban J connectivity index is 1.48. The maximum Gasteiger partial charge on any atom is 0.251 e. The largest absolute Gasteiger partial charge is 0.370 e. The van der Waals surface area contributed by atoms with Crippen LogP contribution in [-0.2, 0) is 13.0 Å². The van der Waals surface area contributed by atoms with Crippen LogP contribution < -0.4 is 10.2 Å². The van der Waals surface area contributed by atoms with Crippen LogP contribution in [0.3, 0.4) is 0 Å². The van der Waals surface area contributed by atoms with Gasteiger partial charge in [-0.2, -0.15) is 5.26 Å². The first-order valence-electron chi connectivity index (χ1n) is 8.84. The number of carbonyl (C=O) groups excluding carboxylic acids is 1. The van der Waals surface area contributed by atoms with Gasteiger partial charge in [-0.25, -0.2) is 4.98 Å².